The highest BCUT2D eigenvalue weighted by molar-refractivity contribution is 5.83. The van der Waals surface area contributed by atoms with Crippen LogP contribution in [0.3, 0.4) is 0 Å². The van der Waals surface area contributed by atoms with Crippen molar-refractivity contribution in [3.05, 3.63) is 47.8 Å². The predicted octanol–water partition coefficient (Wildman–Crippen LogP) is 3.53. The van der Waals surface area contributed by atoms with Crippen molar-refractivity contribution in [2.75, 3.05) is 13.1 Å². The number of carbonyl (C=O) groups excluding carboxylic acids is 1. The van der Waals surface area contributed by atoms with Crippen LogP contribution in [0.25, 0.3) is 0 Å². The largest absolute Gasteiger partial charge is 0.341 e. The van der Waals surface area contributed by atoms with Crippen LogP contribution in [0.15, 0.2) is 30.7 Å². The van der Waals surface area contributed by atoms with Gasteiger partial charge in [-0.25, -0.2) is 4.98 Å². The van der Waals surface area contributed by atoms with Gasteiger partial charge in [0.25, 0.3) is 0 Å². The van der Waals surface area contributed by atoms with Crippen LogP contribution in [0.1, 0.15) is 62.0 Å². The smallest absolute Gasteiger partial charge is 0.228 e. The molecule has 4 rings (SSSR count). The normalized spacial score (nSPS) is 20.0. The molecule has 26 heavy (non-hydrogen) atoms. The Bertz CT molecular complexity index is 771. The van der Waals surface area contributed by atoms with Crippen molar-refractivity contribution < 1.29 is 4.79 Å². The first kappa shape index (κ1) is 17.3. The monoisotopic (exact) mass is 352 g/mol. The van der Waals surface area contributed by atoms with Gasteiger partial charge in [0.05, 0.1) is 5.92 Å². The lowest BCUT2D eigenvalue weighted by atomic mass is 9.74. The van der Waals surface area contributed by atoms with Crippen molar-refractivity contribution in [2.24, 2.45) is 5.41 Å². The first-order valence-electron chi connectivity index (χ1n) is 9.77. The zero-order valence-electron chi connectivity index (χ0n) is 15.8. The summed E-state index contributed by atoms with van der Waals surface area (Å²) in [5.74, 6) is 1.82. The minimum atomic E-state index is -0.133. The zero-order valence-corrected chi connectivity index (χ0v) is 15.8. The number of aryl methyl sites for hydroxylation is 1. The lowest BCUT2D eigenvalue weighted by Gasteiger charge is -2.45. The molecule has 2 aromatic heterocycles. The Balaban J connectivity index is 1.44. The van der Waals surface area contributed by atoms with Gasteiger partial charge in [-0.05, 0) is 37.5 Å². The second-order valence-corrected chi connectivity index (χ2v) is 8.23. The van der Waals surface area contributed by atoms with E-state index in [1.165, 1.54) is 30.5 Å². The van der Waals surface area contributed by atoms with Gasteiger partial charge in [0.1, 0.15) is 5.82 Å². The van der Waals surface area contributed by atoms with Crippen LogP contribution < -0.4 is 0 Å². The quantitative estimate of drug-likeness (QED) is 0.846. The van der Waals surface area contributed by atoms with Crippen LogP contribution >= 0.6 is 0 Å². The summed E-state index contributed by atoms with van der Waals surface area (Å²) in [4.78, 5) is 23.8. The van der Waals surface area contributed by atoms with E-state index in [9.17, 15) is 4.79 Å². The summed E-state index contributed by atoms with van der Waals surface area (Å²) in [5, 5.41) is 0. The molecule has 2 fully saturated rings. The molecule has 0 spiro atoms. The van der Waals surface area contributed by atoms with Crippen molar-refractivity contribution in [1.29, 1.82) is 0 Å². The number of hydrogen-bond acceptors (Lipinski definition) is 3. The first-order valence-corrected chi connectivity index (χ1v) is 9.77. The average Bonchev–Trinajstić information content (AvgIpc) is 2.96. The number of carbonyl (C=O) groups is 1. The molecule has 138 valence electrons. The van der Waals surface area contributed by atoms with E-state index in [1.807, 2.05) is 30.7 Å². The van der Waals surface area contributed by atoms with E-state index in [1.54, 1.807) is 0 Å². The molecule has 2 aliphatic rings. The van der Waals surface area contributed by atoms with E-state index in [4.69, 9.17) is 0 Å². The van der Waals surface area contributed by atoms with E-state index in [2.05, 4.69) is 33.3 Å². The van der Waals surface area contributed by atoms with Gasteiger partial charge >= 0.3 is 0 Å². The summed E-state index contributed by atoms with van der Waals surface area (Å²) < 4.78 is 2.28. The van der Waals surface area contributed by atoms with Crippen molar-refractivity contribution in [1.82, 2.24) is 19.4 Å². The van der Waals surface area contributed by atoms with Gasteiger partial charge in [0.15, 0.2) is 0 Å². The molecular weight excluding hydrogens is 324 g/mol. The van der Waals surface area contributed by atoms with Gasteiger partial charge in [-0.15, -0.1) is 0 Å². The van der Waals surface area contributed by atoms with Crippen molar-refractivity contribution in [3.63, 3.8) is 0 Å². The van der Waals surface area contributed by atoms with Crippen LogP contribution in [0.5, 0.6) is 0 Å². The van der Waals surface area contributed by atoms with Crippen LogP contribution in [-0.2, 0) is 11.3 Å². The third-order valence-electron chi connectivity index (χ3n) is 6.18. The number of hydrogen-bond donors (Lipinski definition) is 0. The highest BCUT2D eigenvalue weighted by Gasteiger charge is 2.43. The molecule has 1 aliphatic carbocycles. The zero-order chi connectivity index (χ0) is 18.1. The maximum Gasteiger partial charge on any atom is 0.228 e. The number of imidazole rings is 1. The Hall–Kier alpha value is -2.17. The van der Waals surface area contributed by atoms with E-state index >= 15 is 0 Å². The van der Waals surface area contributed by atoms with Crippen LogP contribution in [0, 0.1) is 12.3 Å². The molecule has 0 N–H and O–H groups in total. The third kappa shape index (κ3) is 3.15. The van der Waals surface area contributed by atoms with Gasteiger partial charge in [-0.2, -0.15) is 0 Å². The number of pyridine rings is 1. The van der Waals surface area contributed by atoms with E-state index < -0.39 is 0 Å². The molecule has 0 bridgehead atoms. The van der Waals surface area contributed by atoms with E-state index in [0.29, 0.717) is 11.8 Å². The van der Waals surface area contributed by atoms with Gasteiger partial charge in [0.2, 0.25) is 5.91 Å². The molecule has 5 heteroatoms. The molecule has 0 atom stereocenters. The fourth-order valence-electron chi connectivity index (χ4n) is 4.42. The second kappa shape index (κ2) is 6.86. The van der Waals surface area contributed by atoms with E-state index in [0.717, 1.165) is 38.3 Å². The Morgan fingerprint density at radius 1 is 1.19 bits per heavy atom. The lowest BCUT2D eigenvalue weighted by molar-refractivity contribution is -0.148. The highest BCUT2D eigenvalue weighted by atomic mass is 16.2. The minimum absolute atomic E-state index is 0.133. The Morgan fingerprint density at radius 2 is 1.88 bits per heavy atom. The summed E-state index contributed by atoms with van der Waals surface area (Å²) in [6.07, 6.45) is 11.3. The molecule has 0 unspecified atom stereocenters. The number of amides is 1. The maximum absolute atomic E-state index is 13.0. The second-order valence-electron chi connectivity index (χ2n) is 8.23. The van der Waals surface area contributed by atoms with Crippen molar-refractivity contribution in [3.8, 4) is 0 Å². The number of aromatic nitrogens is 3. The van der Waals surface area contributed by atoms with Gasteiger partial charge in [-0.1, -0.05) is 26.2 Å². The molecule has 3 heterocycles. The predicted molar refractivity (Wildman–Crippen MR) is 101 cm³/mol. The number of likely N-dealkylation sites (tertiary alicyclic amines) is 1. The Morgan fingerprint density at radius 3 is 2.58 bits per heavy atom. The fourth-order valence-corrected chi connectivity index (χ4v) is 4.42. The molecular formula is C21H28N4O. The topological polar surface area (TPSA) is 51.0 Å². The van der Waals surface area contributed by atoms with Gasteiger partial charge in [-0.3, -0.25) is 9.78 Å². The SMILES string of the molecule is Cc1cnc(C2CN(C(=O)C3(C)CCCCC3)C2)n1Cc1ccncc1. The Kier molecular flexibility index (Phi) is 4.55. The summed E-state index contributed by atoms with van der Waals surface area (Å²) in [7, 11) is 0. The van der Waals surface area contributed by atoms with Crippen molar-refractivity contribution >= 4 is 5.91 Å². The highest BCUT2D eigenvalue weighted by Crippen LogP contribution is 2.40. The fraction of sp³-hybridized carbons (Fsp3) is 0.571. The standard InChI is InChI=1S/C21H28N4O/c1-16-12-23-19(25(16)13-17-6-10-22-11-7-17)18-14-24(15-18)20(26)21(2)8-4-3-5-9-21/h6-7,10-12,18H,3-5,8-9,13-15H2,1-2H3. The maximum atomic E-state index is 13.0. The first-order chi connectivity index (χ1) is 12.6. The van der Waals surface area contributed by atoms with Crippen LogP contribution in [-0.4, -0.2) is 38.4 Å². The molecule has 0 aromatic carbocycles. The molecule has 2 aromatic rings. The number of rotatable bonds is 4. The summed E-state index contributed by atoms with van der Waals surface area (Å²) >= 11 is 0. The number of nitrogens with zero attached hydrogens (tertiary/aromatic N) is 4. The van der Waals surface area contributed by atoms with Gasteiger partial charge in [0, 0.05) is 49.3 Å². The summed E-state index contributed by atoms with van der Waals surface area (Å²) in [6.45, 7) is 6.69. The molecule has 1 amide bonds. The van der Waals surface area contributed by atoms with Gasteiger partial charge < -0.3 is 9.47 Å². The minimum Gasteiger partial charge on any atom is -0.341 e. The van der Waals surface area contributed by atoms with Crippen LogP contribution in [0.4, 0.5) is 0 Å². The summed E-state index contributed by atoms with van der Waals surface area (Å²) in [6, 6.07) is 4.09. The average molecular weight is 352 g/mol. The molecule has 5 nitrogen and oxygen atoms in total. The third-order valence-corrected chi connectivity index (χ3v) is 6.18. The van der Waals surface area contributed by atoms with E-state index in [-0.39, 0.29) is 5.41 Å². The summed E-state index contributed by atoms with van der Waals surface area (Å²) in [5.41, 5.74) is 2.26. The molecule has 1 saturated carbocycles. The Labute approximate surface area is 155 Å². The van der Waals surface area contributed by atoms with Crippen molar-refractivity contribution in [2.45, 2.75) is 58.4 Å². The molecule has 1 aliphatic heterocycles. The lowest BCUT2D eigenvalue weighted by Crippen LogP contribution is -2.54. The van der Waals surface area contributed by atoms with Crippen LogP contribution in [0.2, 0.25) is 0 Å². The molecule has 0 radical (unpaired) electrons. The molecule has 1 saturated heterocycles.